The van der Waals surface area contributed by atoms with Crippen molar-refractivity contribution in [3.8, 4) is 0 Å². The van der Waals surface area contributed by atoms with Crippen LogP contribution in [0.1, 0.15) is 47.5 Å². The Balaban J connectivity index is 1.59. The number of primary amides is 1. The maximum absolute atomic E-state index is 14.5. The summed E-state index contributed by atoms with van der Waals surface area (Å²) >= 11 is 0. The van der Waals surface area contributed by atoms with Crippen molar-refractivity contribution in [1.82, 2.24) is 5.06 Å². The number of aliphatic imine (C=N–C) groups is 1. The molecule has 0 aromatic carbocycles. The van der Waals surface area contributed by atoms with Crippen LogP contribution in [0.25, 0.3) is 10.4 Å². The molecule has 61 heavy (non-hydrogen) atoms. The number of carbonyl (C=O) groups is 4. The number of methoxy groups -OCH3 is 1. The van der Waals surface area contributed by atoms with E-state index in [1.165, 1.54) is 0 Å². The molecule has 0 spiro atoms. The van der Waals surface area contributed by atoms with Gasteiger partial charge in [-0.2, -0.15) is 5.06 Å². The van der Waals surface area contributed by atoms with Crippen LogP contribution in [0.4, 0.5) is 4.79 Å². The lowest BCUT2D eigenvalue weighted by Gasteiger charge is -2.34. The van der Waals surface area contributed by atoms with Gasteiger partial charge in [0.15, 0.2) is 11.9 Å². The Labute approximate surface area is 358 Å². The Morgan fingerprint density at radius 3 is 1.97 bits per heavy atom. The van der Waals surface area contributed by atoms with Gasteiger partial charge < -0.3 is 43.6 Å². The summed E-state index contributed by atoms with van der Waals surface area (Å²) in [6, 6.07) is 0. The smallest absolute Gasteiger partial charge is 0.405 e. The van der Waals surface area contributed by atoms with Gasteiger partial charge in [0.05, 0.1) is 104 Å². The molecule has 0 radical (unpaired) electrons. The predicted octanol–water partition coefficient (Wildman–Crippen LogP) is 4.26. The summed E-state index contributed by atoms with van der Waals surface area (Å²) in [5.74, 6) is -2.83. The minimum Gasteiger partial charge on any atom is -0.439 e. The van der Waals surface area contributed by atoms with Crippen molar-refractivity contribution < 1.29 is 61.9 Å². The van der Waals surface area contributed by atoms with Crippen LogP contribution < -0.4 is 5.73 Å². The molecule has 19 nitrogen and oxygen atoms in total. The molecule has 0 fully saturated rings. The van der Waals surface area contributed by atoms with E-state index in [2.05, 4.69) is 21.9 Å². The lowest BCUT2D eigenvalue weighted by molar-refractivity contribution is -0.193. The highest BCUT2D eigenvalue weighted by molar-refractivity contribution is 6.51. The molecule has 4 bridgehead atoms. The number of fused-ring (bicyclic) bond motifs is 5. The highest BCUT2D eigenvalue weighted by Crippen LogP contribution is 2.34. The number of nitrogens with zero attached hydrogens (tertiary/aromatic N) is 5. The number of rotatable bonds is 23. The Kier molecular flexibility index (Phi) is 23.7. The van der Waals surface area contributed by atoms with E-state index in [9.17, 15) is 19.2 Å². The first-order chi connectivity index (χ1) is 29.4. The number of Topliss-reactive ketones (excluding diaryl/α,β-unsaturated/α-hetero) is 1. The minimum absolute atomic E-state index is 0.00156. The molecule has 340 valence electrons. The van der Waals surface area contributed by atoms with Crippen molar-refractivity contribution in [2.75, 3.05) is 99.5 Å². The average Bonchev–Trinajstić information content (AvgIpc) is 3.22. The van der Waals surface area contributed by atoms with Crippen LogP contribution in [0.5, 0.6) is 0 Å². The number of ketones is 2. The molecule has 2 aliphatic heterocycles. The van der Waals surface area contributed by atoms with Crippen molar-refractivity contribution in [3.05, 3.63) is 57.7 Å². The third kappa shape index (κ3) is 17.5. The SMILES string of the molecule is CO[C@H]1C[C@H](C)CC2C(=O)C(=CC(=O)C2=NCCOCCOCCOCCOCCOCCOCCN=[N+]=[N-])N2O[C@@H](C=CC=C(C)C2=O)[C@@H](OC(N)=O)C(C)=C[C@H](C)[C@H]1C. The second-order valence-electron chi connectivity index (χ2n) is 14.9. The van der Waals surface area contributed by atoms with E-state index in [1.54, 1.807) is 39.2 Å². The molecule has 7 atom stereocenters. The van der Waals surface area contributed by atoms with Gasteiger partial charge in [-0.1, -0.05) is 44.1 Å². The summed E-state index contributed by atoms with van der Waals surface area (Å²) in [5, 5.41) is 4.21. The zero-order valence-electron chi connectivity index (χ0n) is 36.4. The van der Waals surface area contributed by atoms with Gasteiger partial charge in [-0.05, 0) is 61.6 Å². The van der Waals surface area contributed by atoms with Crippen LogP contribution in [-0.4, -0.2) is 152 Å². The van der Waals surface area contributed by atoms with Crippen molar-refractivity contribution in [2.24, 2.45) is 39.5 Å². The lowest BCUT2D eigenvalue weighted by Crippen LogP contribution is -2.47. The van der Waals surface area contributed by atoms with E-state index in [-0.39, 0.29) is 67.0 Å². The highest BCUT2D eigenvalue weighted by Gasteiger charge is 2.43. The monoisotopic (exact) mass is 860 g/mol. The molecule has 0 saturated carbocycles. The number of carbonyl (C=O) groups excluding carboxylic acids is 4. The standard InChI is InChI=1S/C42H64N6O13/c1-28-24-33-38(45-10-12-54-14-16-56-18-20-58-22-23-59-21-19-57-17-15-55-13-11-46-47-44)35(49)27-34(39(33)50)48-41(51)29(2)8-7-9-36(61-48)40(60-42(43)52)31(4)26-30(3)32(5)37(25-28)53-6/h7-9,26-28,30,32-33,36-37,40H,10-25H2,1-6H3,(H2,43,52)/t28-,30+,32-,33?,36+,37+,40+/m1/s1. The Hall–Kier alpha value is -4.30. The van der Waals surface area contributed by atoms with E-state index in [0.717, 1.165) is 11.1 Å². The molecule has 19 heteroatoms. The van der Waals surface area contributed by atoms with Crippen molar-refractivity contribution >= 4 is 29.3 Å². The van der Waals surface area contributed by atoms with Crippen molar-refractivity contribution in [3.63, 3.8) is 0 Å². The van der Waals surface area contributed by atoms with Gasteiger partial charge in [0.1, 0.15) is 11.8 Å². The van der Waals surface area contributed by atoms with Gasteiger partial charge in [-0.3, -0.25) is 24.2 Å². The molecule has 3 aliphatic rings. The van der Waals surface area contributed by atoms with E-state index in [0.29, 0.717) is 84.6 Å². The number of nitrogens with two attached hydrogens (primary N) is 1. The molecule has 2 heterocycles. The molecule has 0 saturated heterocycles. The Morgan fingerprint density at radius 1 is 0.869 bits per heavy atom. The first-order valence-electron chi connectivity index (χ1n) is 20.7. The highest BCUT2D eigenvalue weighted by atomic mass is 16.7. The maximum atomic E-state index is 14.5. The third-order valence-electron chi connectivity index (χ3n) is 10.3. The number of amides is 2. The van der Waals surface area contributed by atoms with Gasteiger partial charge in [-0.15, -0.1) is 0 Å². The number of azide groups is 1. The van der Waals surface area contributed by atoms with E-state index >= 15 is 0 Å². The first-order valence-corrected chi connectivity index (χ1v) is 20.7. The normalized spacial score (nSPS) is 25.7. The number of ether oxygens (including phenoxy) is 8. The fourth-order valence-corrected chi connectivity index (χ4v) is 6.92. The largest absolute Gasteiger partial charge is 0.439 e. The van der Waals surface area contributed by atoms with Gasteiger partial charge in [-0.25, -0.2) is 4.79 Å². The molecule has 1 unspecified atom stereocenters. The summed E-state index contributed by atoms with van der Waals surface area (Å²) in [4.78, 5) is 67.8. The number of hydrogen-bond donors (Lipinski definition) is 1. The zero-order valence-corrected chi connectivity index (χ0v) is 36.4. The molecular formula is C42H64N6O13. The van der Waals surface area contributed by atoms with Crippen molar-refractivity contribution in [1.29, 1.82) is 0 Å². The third-order valence-corrected chi connectivity index (χ3v) is 10.3. The maximum Gasteiger partial charge on any atom is 0.405 e. The Bertz CT molecular complexity index is 1640. The fourth-order valence-electron chi connectivity index (χ4n) is 6.92. The minimum atomic E-state index is -1.09. The van der Waals surface area contributed by atoms with Gasteiger partial charge >= 0.3 is 6.09 Å². The Morgan fingerprint density at radius 2 is 1.43 bits per heavy atom. The second-order valence-corrected chi connectivity index (χ2v) is 14.9. The van der Waals surface area contributed by atoms with E-state index in [4.69, 9.17) is 54.0 Å². The summed E-state index contributed by atoms with van der Waals surface area (Å²) < 4.78 is 44.4. The summed E-state index contributed by atoms with van der Waals surface area (Å²) in [6.45, 7) is 14.3. The van der Waals surface area contributed by atoms with Gasteiger partial charge in [0.25, 0.3) is 5.91 Å². The predicted molar refractivity (Wildman–Crippen MR) is 223 cm³/mol. The average molecular weight is 861 g/mol. The summed E-state index contributed by atoms with van der Waals surface area (Å²) in [6.07, 6.45) is 5.24. The van der Waals surface area contributed by atoms with Crippen LogP contribution in [-0.2, 0) is 57.1 Å². The zero-order chi connectivity index (χ0) is 44.6. The van der Waals surface area contributed by atoms with Crippen LogP contribution in [0, 0.1) is 23.7 Å². The van der Waals surface area contributed by atoms with Crippen LogP contribution in [0.2, 0.25) is 0 Å². The molecule has 2 amide bonds. The molecule has 1 aliphatic carbocycles. The molecular weight excluding hydrogens is 796 g/mol. The fraction of sp³-hybridized carbons (Fsp3) is 0.690. The quantitative estimate of drug-likeness (QED) is 0.0497. The van der Waals surface area contributed by atoms with Crippen molar-refractivity contribution in [2.45, 2.75) is 65.8 Å². The molecule has 0 aromatic heterocycles. The van der Waals surface area contributed by atoms with E-state index in [1.807, 2.05) is 19.9 Å². The number of allylic oxidation sites excluding steroid dienone is 5. The van der Waals surface area contributed by atoms with E-state index < -0.39 is 41.7 Å². The summed E-state index contributed by atoms with van der Waals surface area (Å²) in [5.41, 5.74) is 14.4. The lowest BCUT2D eigenvalue weighted by atomic mass is 9.78. The van der Waals surface area contributed by atoms with Crippen LogP contribution in [0.15, 0.2) is 57.3 Å². The summed E-state index contributed by atoms with van der Waals surface area (Å²) in [7, 11) is 1.65. The number of hydrogen-bond acceptors (Lipinski definition) is 15. The second kappa shape index (κ2) is 28.3. The van der Waals surface area contributed by atoms with Gasteiger partial charge in [0.2, 0.25) is 5.78 Å². The molecule has 2 N–H and O–H groups in total. The molecule has 3 rings (SSSR count). The van der Waals surface area contributed by atoms with Crippen LogP contribution >= 0.6 is 0 Å². The first kappa shape index (κ1) is 51.1. The molecule has 0 aromatic rings. The van der Waals surface area contributed by atoms with Gasteiger partial charge in [0, 0.05) is 30.2 Å². The number of hydroxylamine groups is 2. The topological polar surface area (TPSA) is 242 Å². The van der Waals surface area contributed by atoms with Crippen LogP contribution in [0.3, 0.4) is 0 Å².